The quantitative estimate of drug-likeness (QED) is 0.745. The van der Waals surface area contributed by atoms with Gasteiger partial charge in [0.2, 0.25) is 0 Å². The monoisotopic (exact) mass is 294 g/mol. The maximum absolute atomic E-state index is 12.0. The molecule has 0 heterocycles. The number of aliphatic hydroxyl groups is 1. The molecule has 0 aromatic rings. The van der Waals surface area contributed by atoms with Crippen LogP contribution in [0.15, 0.2) is 0 Å². The third-order valence-electron chi connectivity index (χ3n) is 2.24. The standard InChI is InChI=1S/C12H26N2O4S/c1-10(8-19(5,17)18)13-11(16)14(6-7-15)9-12(2,3)4/h10,15H,6-9H2,1-5H3,(H,13,16). The summed E-state index contributed by atoms with van der Waals surface area (Å²) in [6.45, 7) is 8.22. The molecule has 2 amide bonds. The topological polar surface area (TPSA) is 86.7 Å². The average Bonchev–Trinajstić information content (AvgIpc) is 2.11. The number of carbonyl (C=O) groups is 1. The predicted octanol–water partition coefficient (Wildman–Crippen LogP) is 0.470. The number of carbonyl (C=O) groups excluding carboxylic acids is 1. The van der Waals surface area contributed by atoms with Gasteiger partial charge in [0.15, 0.2) is 0 Å². The Balaban J connectivity index is 4.56. The van der Waals surface area contributed by atoms with Gasteiger partial charge in [-0.05, 0) is 12.3 Å². The van der Waals surface area contributed by atoms with Gasteiger partial charge >= 0.3 is 6.03 Å². The summed E-state index contributed by atoms with van der Waals surface area (Å²) in [6, 6.07) is -0.802. The molecule has 0 aliphatic heterocycles. The van der Waals surface area contributed by atoms with Crippen LogP contribution in [0.4, 0.5) is 4.79 Å². The number of amides is 2. The van der Waals surface area contributed by atoms with Crippen molar-refractivity contribution < 1.29 is 18.3 Å². The van der Waals surface area contributed by atoms with Gasteiger partial charge in [0.25, 0.3) is 0 Å². The van der Waals surface area contributed by atoms with Crippen LogP contribution in [-0.2, 0) is 9.84 Å². The molecular weight excluding hydrogens is 268 g/mol. The van der Waals surface area contributed by atoms with Crippen LogP contribution in [0, 0.1) is 5.41 Å². The van der Waals surface area contributed by atoms with E-state index in [2.05, 4.69) is 5.32 Å². The summed E-state index contributed by atoms with van der Waals surface area (Å²) in [4.78, 5) is 13.5. The summed E-state index contributed by atoms with van der Waals surface area (Å²) in [5.41, 5.74) is -0.0907. The van der Waals surface area contributed by atoms with E-state index in [9.17, 15) is 13.2 Å². The number of sulfone groups is 1. The average molecular weight is 294 g/mol. The summed E-state index contributed by atoms with van der Waals surface area (Å²) in [7, 11) is -3.12. The number of rotatable bonds is 6. The zero-order chi connectivity index (χ0) is 15.3. The molecule has 0 bridgehead atoms. The highest BCUT2D eigenvalue weighted by molar-refractivity contribution is 7.90. The van der Waals surface area contributed by atoms with Crippen molar-refractivity contribution in [2.24, 2.45) is 5.41 Å². The van der Waals surface area contributed by atoms with Gasteiger partial charge in [-0.25, -0.2) is 13.2 Å². The highest BCUT2D eigenvalue weighted by Crippen LogP contribution is 2.15. The van der Waals surface area contributed by atoms with E-state index < -0.39 is 15.9 Å². The van der Waals surface area contributed by atoms with Crippen molar-refractivity contribution in [1.29, 1.82) is 0 Å². The Morgan fingerprint density at radius 2 is 1.89 bits per heavy atom. The molecule has 0 saturated carbocycles. The van der Waals surface area contributed by atoms with Crippen molar-refractivity contribution >= 4 is 15.9 Å². The van der Waals surface area contributed by atoms with E-state index in [1.54, 1.807) is 6.92 Å². The van der Waals surface area contributed by atoms with Crippen LogP contribution in [0.1, 0.15) is 27.7 Å². The molecule has 0 spiro atoms. The normalized spacial score (nSPS) is 14.0. The minimum atomic E-state index is -3.12. The van der Waals surface area contributed by atoms with Crippen molar-refractivity contribution in [3.63, 3.8) is 0 Å². The van der Waals surface area contributed by atoms with Crippen molar-refractivity contribution in [1.82, 2.24) is 10.2 Å². The maximum atomic E-state index is 12.0. The zero-order valence-electron chi connectivity index (χ0n) is 12.4. The van der Waals surface area contributed by atoms with Gasteiger partial charge in [0.1, 0.15) is 9.84 Å². The summed E-state index contributed by atoms with van der Waals surface area (Å²) >= 11 is 0. The van der Waals surface area contributed by atoms with Gasteiger partial charge in [-0.15, -0.1) is 0 Å². The Bertz CT molecular complexity index is 387. The molecule has 6 nitrogen and oxygen atoms in total. The Labute approximate surface area is 116 Å². The molecule has 2 N–H and O–H groups in total. The number of nitrogens with one attached hydrogen (secondary N) is 1. The van der Waals surface area contributed by atoms with E-state index in [1.807, 2.05) is 20.8 Å². The summed E-state index contributed by atoms with van der Waals surface area (Å²) in [5.74, 6) is -0.0960. The molecule has 1 atom stereocenters. The highest BCUT2D eigenvalue weighted by Gasteiger charge is 2.22. The lowest BCUT2D eigenvalue weighted by Crippen LogP contribution is -2.49. The van der Waals surface area contributed by atoms with E-state index in [-0.39, 0.29) is 30.4 Å². The minimum Gasteiger partial charge on any atom is -0.395 e. The first-order chi connectivity index (χ1) is 8.44. The molecule has 0 aliphatic rings. The van der Waals surface area contributed by atoms with E-state index in [0.717, 1.165) is 6.26 Å². The smallest absolute Gasteiger partial charge is 0.317 e. The predicted molar refractivity (Wildman–Crippen MR) is 75.8 cm³/mol. The third kappa shape index (κ3) is 9.72. The van der Waals surface area contributed by atoms with Crippen LogP contribution in [0.5, 0.6) is 0 Å². The van der Waals surface area contributed by atoms with Gasteiger partial charge in [-0.3, -0.25) is 0 Å². The van der Waals surface area contributed by atoms with Crippen LogP contribution in [-0.4, -0.2) is 62.2 Å². The van der Waals surface area contributed by atoms with Crippen molar-refractivity contribution in [3.8, 4) is 0 Å². The fraction of sp³-hybridized carbons (Fsp3) is 0.917. The largest absolute Gasteiger partial charge is 0.395 e. The van der Waals surface area contributed by atoms with Crippen molar-refractivity contribution in [2.45, 2.75) is 33.7 Å². The summed E-state index contributed by atoms with van der Waals surface area (Å²) in [6.07, 6.45) is 1.14. The van der Waals surface area contributed by atoms with Crippen LogP contribution in [0.3, 0.4) is 0 Å². The second-order valence-electron chi connectivity index (χ2n) is 6.15. The first-order valence-electron chi connectivity index (χ1n) is 6.28. The SMILES string of the molecule is CC(CS(C)(=O)=O)NC(=O)N(CCO)CC(C)(C)C. The van der Waals surface area contributed by atoms with Gasteiger partial charge in [-0.2, -0.15) is 0 Å². The Morgan fingerprint density at radius 3 is 2.26 bits per heavy atom. The third-order valence-corrected chi connectivity index (χ3v) is 3.35. The van der Waals surface area contributed by atoms with Crippen molar-refractivity contribution in [3.05, 3.63) is 0 Å². The van der Waals surface area contributed by atoms with Crippen LogP contribution < -0.4 is 5.32 Å². The lowest BCUT2D eigenvalue weighted by Gasteiger charge is -2.30. The molecule has 0 radical (unpaired) electrons. The first kappa shape index (κ1) is 18.2. The second kappa shape index (κ2) is 7.09. The Morgan fingerprint density at radius 1 is 1.37 bits per heavy atom. The molecule has 0 aliphatic carbocycles. The molecule has 0 saturated heterocycles. The molecule has 0 rings (SSSR count). The molecule has 7 heteroatoms. The van der Waals surface area contributed by atoms with Gasteiger partial charge in [-0.1, -0.05) is 20.8 Å². The van der Waals surface area contributed by atoms with Crippen LogP contribution in [0.25, 0.3) is 0 Å². The molecule has 114 valence electrons. The number of urea groups is 1. The number of aliphatic hydroxyl groups excluding tert-OH is 1. The van der Waals surface area contributed by atoms with E-state index in [4.69, 9.17) is 5.11 Å². The molecule has 0 fully saturated rings. The van der Waals surface area contributed by atoms with Gasteiger partial charge in [0, 0.05) is 25.4 Å². The highest BCUT2D eigenvalue weighted by atomic mass is 32.2. The second-order valence-corrected chi connectivity index (χ2v) is 8.33. The van der Waals surface area contributed by atoms with E-state index in [1.165, 1.54) is 4.90 Å². The fourth-order valence-electron chi connectivity index (χ4n) is 1.74. The number of hydrogen-bond donors (Lipinski definition) is 2. The molecule has 19 heavy (non-hydrogen) atoms. The van der Waals surface area contributed by atoms with Crippen LogP contribution in [0.2, 0.25) is 0 Å². The first-order valence-corrected chi connectivity index (χ1v) is 8.35. The minimum absolute atomic E-state index is 0.0907. The Hall–Kier alpha value is -0.820. The molecule has 0 aromatic heterocycles. The lowest BCUT2D eigenvalue weighted by molar-refractivity contribution is 0.151. The van der Waals surface area contributed by atoms with E-state index >= 15 is 0 Å². The lowest BCUT2D eigenvalue weighted by atomic mass is 9.96. The molecule has 0 aromatic carbocycles. The summed E-state index contributed by atoms with van der Waals surface area (Å²) in [5, 5.41) is 11.6. The Kier molecular flexibility index (Phi) is 6.79. The number of nitrogens with zero attached hydrogens (tertiary/aromatic N) is 1. The molecular formula is C12H26N2O4S. The van der Waals surface area contributed by atoms with Crippen molar-refractivity contribution in [2.75, 3.05) is 31.7 Å². The van der Waals surface area contributed by atoms with Crippen LogP contribution >= 0.6 is 0 Å². The fourth-order valence-corrected chi connectivity index (χ4v) is 2.74. The van der Waals surface area contributed by atoms with Gasteiger partial charge < -0.3 is 15.3 Å². The van der Waals surface area contributed by atoms with Gasteiger partial charge in [0.05, 0.1) is 12.4 Å². The maximum Gasteiger partial charge on any atom is 0.317 e. The summed E-state index contributed by atoms with van der Waals surface area (Å²) < 4.78 is 22.3. The zero-order valence-corrected chi connectivity index (χ0v) is 13.2. The van der Waals surface area contributed by atoms with E-state index in [0.29, 0.717) is 6.54 Å². The molecule has 1 unspecified atom stereocenters. The number of hydrogen-bond acceptors (Lipinski definition) is 4.